The minimum atomic E-state index is -3.86. The van der Waals surface area contributed by atoms with Crippen LogP contribution in [0.2, 0.25) is 0 Å². The first kappa shape index (κ1) is 21.0. The predicted octanol–water partition coefficient (Wildman–Crippen LogP) is 3.66. The minimum Gasteiger partial charge on any atom is -0.355 e. The van der Waals surface area contributed by atoms with Crippen LogP contribution < -0.4 is 9.62 Å². The Kier molecular flexibility index (Phi) is 7.02. The summed E-state index contributed by atoms with van der Waals surface area (Å²) in [6, 6.07) is 13.8. The Morgan fingerprint density at radius 2 is 1.67 bits per heavy atom. The quantitative estimate of drug-likeness (QED) is 0.750. The highest BCUT2D eigenvalue weighted by Gasteiger charge is 2.28. The standard InChI is InChI=1S/C21H28N2O3S/c1-16(2)13-14-22-21(24)15-23(20-8-6-5-7-18(20)4)27(25,26)19-11-9-17(3)10-12-19/h5-12,16H,13-15H2,1-4H3,(H,22,24). The molecule has 2 rings (SSSR count). The number of nitrogens with one attached hydrogen (secondary N) is 1. The molecule has 1 N–H and O–H groups in total. The summed E-state index contributed by atoms with van der Waals surface area (Å²) < 4.78 is 27.7. The van der Waals surface area contributed by atoms with Gasteiger partial charge in [-0.1, -0.05) is 49.7 Å². The molecule has 0 radical (unpaired) electrons. The molecule has 146 valence electrons. The third kappa shape index (κ3) is 5.57. The fourth-order valence-corrected chi connectivity index (χ4v) is 4.15. The van der Waals surface area contributed by atoms with Crippen molar-refractivity contribution in [1.29, 1.82) is 0 Å². The summed E-state index contributed by atoms with van der Waals surface area (Å²) in [4.78, 5) is 12.6. The molecular weight excluding hydrogens is 360 g/mol. The van der Waals surface area contributed by atoms with E-state index in [4.69, 9.17) is 0 Å². The molecule has 2 aromatic carbocycles. The summed E-state index contributed by atoms with van der Waals surface area (Å²) >= 11 is 0. The van der Waals surface area contributed by atoms with Crippen molar-refractivity contribution in [3.63, 3.8) is 0 Å². The van der Waals surface area contributed by atoms with Crippen LogP contribution in [0.1, 0.15) is 31.4 Å². The average Bonchev–Trinajstić information content (AvgIpc) is 2.60. The molecule has 2 aromatic rings. The van der Waals surface area contributed by atoms with Crippen LogP contribution in [0, 0.1) is 19.8 Å². The fourth-order valence-electron chi connectivity index (χ4n) is 2.67. The number of hydrogen-bond acceptors (Lipinski definition) is 3. The van der Waals surface area contributed by atoms with E-state index in [1.54, 1.807) is 36.4 Å². The molecule has 0 aromatic heterocycles. The zero-order valence-corrected chi connectivity index (χ0v) is 17.2. The molecule has 0 aliphatic heterocycles. The number of benzene rings is 2. The van der Waals surface area contributed by atoms with Crippen LogP contribution in [0.5, 0.6) is 0 Å². The van der Waals surface area contributed by atoms with Crippen LogP contribution in [0.25, 0.3) is 0 Å². The topological polar surface area (TPSA) is 66.5 Å². The molecule has 0 unspecified atom stereocenters. The fraction of sp³-hybridized carbons (Fsp3) is 0.381. The lowest BCUT2D eigenvalue weighted by molar-refractivity contribution is -0.119. The number of nitrogens with zero attached hydrogens (tertiary/aromatic N) is 1. The Morgan fingerprint density at radius 3 is 2.26 bits per heavy atom. The maximum Gasteiger partial charge on any atom is 0.264 e. The molecule has 0 saturated carbocycles. The van der Waals surface area contributed by atoms with Gasteiger partial charge in [-0.2, -0.15) is 0 Å². The number of amides is 1. The second-order valence-corrected chi connectivity index (χ2v) is 9.01. The Balaban J connectivity index is 2.34. The largest absolute Gasteiger partial charge is 0.355 e. The molecule has 0 fully saturated rings. The Morgan fingerprint density at radius 1 is 1.04 bits per heavy atom. The number of hydrogen-bond donors (Lipinski definition) is 1. The van der Waals surface area contributed by atoms with Crippen LogP contribution >= 0.6 is 0 Å². The molecule has 0 heterocycles. The molecule has 27 heavy (non-hydrogen) atoms. The van der Waals surface area contributed by atoms with Gasteiger partial charge < -0.3 is 5.32 Å². The molecule has 0 aliphatic rings. The zero-order valence-electron chi connectivity index (χ0n) is 16.4. The molecule has 0 saturated heterocycles. The normalized spacial score (nSPS) is 11.4. The van der Waals surface area contributed by atoms with E-state index in [9.17, 15) is 13.2 Å². The zero-order chi connectivity index (χ0) is 20.0. The van der Waals surface area contributed by atoms with Crippen molar-refractivity contribution < 1.29 is 13.2 Å². The highest BCUT2D eigenvalue weighted by atomic mass is 32.2. The summed E-state index contributed by atoms with van der Waals surface area (Å²) in [5.74, 6) is 0.156. The van der Waals surface area contributed by atoms with Crippen molar-refractivity contribution in [2.24, 2.45) is 5.92 Å². The van der Waals surface area contributed by atoms with Gasteiger partial charge in [-0.15, -0.1) is 0 Å². The van der Waals surface area contributed by atoms with Crippen LogP contribution in [0.4, 0.5) is 5.69 Å². The van der Waals surface area contributed by atoms with Crippen LogP contribution in [0.15, 0.2) is 53.4 Å². The lowest BCUT2D eigenvalue weighted by Gasteiger charge is -2.25. The minimum absolute atomic E-state index is 0.173. The summed E-state index contributed by atoms with van der Waals surface area (Å²) in [5.41, 5.74) is 2.28. The number of rotatable bonds is 8. The van der Waals surface area contributed by atoms with Crippen molar-refractivity contribution in [2.45, 2.75) is 39.0 Å². The van der Waals surface area contributed by atoms with E-state index >= 15 is 0 Å². The van der Waals surface area contributed by atoms with Gasteiger partial charge in [-0.3, -0.25) is 9.10 Å². The maximum absolute atomic E-state index is 13.3. The van der Waals surface area contributed by atoms with E-state index in [-0.39, 0.29) is 17.3 Å². The summed E-state index contributed by atoms with van der Waals surface area (Å²) in [5, 5.41) is 2.82. The second kappa shape index (κ2) is 9.04. The van der Waals surface area contributed by atoms with E-state index in [0.717, 1.165) is 17.5 Å². The number of carbonyl (C=O) groups is 1. The van der Waals surface area contributed by atoms with Gasteiger partial charge in [-0.05, 0) is 49.9 Å². The molecule has 0 atom stereocenters. The van der Waals surface area contributed by atoms with Gasteiger partial charge in [0.25, 0.3) is 10.0 Å². The van der Waals surface area contributed by atoms with Gasteiger partial charge in [0.15, 0.2) is 0 Å². The van der Waals surface area contributed by atoms with Crippen molar-refractivity contribution in [1.82, 2.24) is 5.32 Å². The monoisotopic (exact) mass is 388 g/mol. The van der Waals surface area contributed by atoms with E-state index in [0.29, 0.717) is 18.2 Å². The lowest BCUT2D eigenvalue weighted by Crippen LogP contribution is -2.41. The van der Waals surface area contributed by atoms with Crippen molar-refractivity contribution in [3.05, 3.63) is 59.7 Å². The molecule has 0 bridgehead atoms. The van der Waals surface area contributed by atoms with Crippen molar-refractivity contribution in [2.75, 3.05) is 17.4 Å². The summed E-state index contributed by atoms with van der Waals surface area (Å²) in [6.45, 7) is 8.17. The van der Waals surface area contributed by atoms with E-state index in [1.165, 1.54) is 4.31 Å². The number of sulfonamides is 1. The maximum atomic E-state index is 13.3. The van der Waals surface area contributed by atoms with Crippen molar-refractivity contribution in [3.8, 4) is 0 Å². The van der Waals surface area contributed by atoms with E-state index in [1.807, 2.05) is 26.0 Å². The first-order valence-electron chi connectivity index (χ1n) is 9.13. The average molecular weight is 389 g/mol. The third-order valence-corrected chi connectivity index (χ3v) is 6.10. The Hall–Kier alpha value is -2.34. The van der Waals surface area contributed by atoms with E-state index < -0.39 is 10.0 Å². The highest BCUT2D eigenvalue weighted by Crippen LogP contribution is 2.26. The molecular formula is C21H28N2O3S. The lowest BCUT2D eigenvalue weighted by atomic mass is 10.1. The van der Waals surface area contributed by atoms with Crippen LogP contribution in [-0.4, -0.2) is 27.4 Å². The number of anilines is 1. The summed E-state index contributed by atoms with van der Waals surface area (Å²) in [7, 11) is -3.86. The van der Waals surface area contributed by atoms with Crippen molar-refractivity contribution >= 4 is 21.6 Å². The number of para-hydroxylation sites is 1. The first-order valence-corrected chi connectivity index (χ1v) is 10.6. The molecule has 0 aliphatic carbocycles. The Bertz CT molecular complexity index is 875. The van der Waals surface area contributed by atoms with Gasteiger partial charge in [0.05, 0.1) is 10.6 Å². The SMILES string of the molecule is Cc1ccc(S(=O)(=O)N(CC(=O)NCCC(C)C)c2ccccc2C)cc1. The molecule has 5 nitrogen and oxygen atoms in total. The highest BCUT2D eigenvalue weighted by molar-refractivity contribution is 7.92. The first-order chi connectivity index (χ1) is 12.7. The third-order valence-electron chi connectivity index (χ3n) is 4.32. The van der Waals surface area contributed by atoms with Gasteiger partial charge in [0.1, 0.15) is 6.54 Å². The van der Waals surface area contributed by atoms with Gasteiger partial charge in [-0.25, -0.2) is 8.42 Å². The van der Waals surface area contributed by atoms with Crippen LogP contribution in [-0.2, 0) is 14.8 Å². The number of aryl methyl sites for hydroxylation is 2. The van der Waals surface area contributed by atoms with Gasteiger partial charge >= 0.3 is 0 Å². The summed E-state index contributed by atoms with van der Waals surface area (Å²) in [6.07, 6.45) is 0.848. The van der Waals surface area contributed by atoms with Crippen LogP contribution in [0.3, 0.4) is 0 Å². The molecule has 6 heteroatoms. The second-order valence-electron chi connectivity index (χ2n) is 7.14. The Labute approximate surface area is 162 Å². The molecule has 1 amide bonds. The van der Waals surface area contributed by atoms with Gasteiger partial charge in [0, 0.05) is 6.54 Å². The molecule has 0 spiro atoms. The van der Waals surface area contributed by atoms with Gasteiger partial charge in [0.2, 0.25) is 5.91 Å². The number of carbonyl (C=O) groups excluding carboxylic acids is 1. The predicted molar refractivity (Wildman–Crippen MR) is 109 cm³/mol. The van der Waals surface area contributed by atoms with E-state index in [2.05, 4.69) is 19.2 Å². The smallest absolute Gasteiger partial charge is 0.264 e.